The molecule has 0 fully saturated rings. The van der Waals surface area contributed by atoms with Crippen molar-refractivity contribution in [3.05, 3.63) is 18.2 Å². The quantitative estimate of drug-likeness (QED) is 0.806. The normalized spacial score (nSPS) is 20.5. The molecule has 1 N–H and O–H groups in total. The largest absolute Gasteiger partial charge is 0.392 e. The number of oxime groups is 1. The van der Waals surface area contributed by atoms with Crippen LogP contribution in [0.1, 0.15) is 32.0 Å². The zero-order chi connectivity index (χ0) is 10.8. The van der Waals surface area contributed by atoms with Gasteiger partial charge in [0.1, 0.15) is 5.71 Å². The van der Waals surface area contributed by atoms with Gasteiger partial charge in [-0.15, -0.1) is 0 Å². The topological polar surface area (TPSA) is 59.6 Å². The first kappa shape index (κ1) is 10.2. The van der Waals surface area contributed by atoms with Crippen molar-refractivity contribution in [3.8, 4) is 0 Å². The Morgan fingerprint density at radius 3 is 3.07 bits per heavy atom. The van der Waals surface area contributed by atoms with Crippen LogP contribution in [0.3, 0.4) is 0 Å². The molecular formula is C10H15N3O2. The second kappa shape index (κ2) is 4.02. The molecule has 0 saturated heterocycles. The SMILES string of the molecule is CC(C)n1cncc1C1=NOC(CO)C1. The highest BCUT2D eigenvalue weighted by Crippen LogP contribution is 2.18. The van der Waals surface area contributed by atoms with E-state index in [4.69, 9.17) is 9.94 Å². The van der Waals surface area contributed by atoms with E-state index < -0.39 is 0 Å². The molecule has 82 valence electrons. The molecule has 2 heterocycles. The highest BCUT2D eigenvalue weighted by Gasteiger charge is 2.23. The van der Waals surface area contributed by atoms with Crippen molar-refractivity contribution in [1.29, 1.82) is 0 Å². The Kier molecular flexibility index (Phi) is 2.73. The lowest BCUT2D eigenvalue weighted by atomic mass is 10.1. The summed E-state index contributed by atoms with van der Waals surface area (Å²) in [6.45, 7) is 4.18. The van der Waals surface area contributed by atoms with Crippen molar-refractivity contribution in [2.24, 2.45) is 5.16 Å². The molecule has 1 aromatic heterocycles. The minimum atomic E-state index is -0.199. The van der Waals surface area contributed by atoms with Gasteiger partial charge in [-0.1, -0.05) is 5.16 Å². The standard InChI is InChI=1S/C10H15N3O2/c1-7(2)13-6-11-4-10(13)9-3-8(5-14)15-12-9/h4,6-8,14H,3,5H2,1-2H3. The van der Waals surface area contributed by atoms with Gasteiger partial charge in [-0.25, -0.2) is 4.98 Å². The Bertz CT molecular complexity index is 370. The second-order valence-corrected chi connectivity index (χ2v) is 3.93. The van der Waals surface area contributed by atoms with Crippen molar-refractivity contribution >= 4 is 5.71 Å². The van der Waals surface area contributed by atoms with Crippen LogP contribution in [0, 0.1) is 0 Å². The number of nitrogens with zero attached hydrogens (tertiary/aromatic N) is 3. The van der Waals surface area contributed by atoms with E-state index in [1.165, 1.54) is 0 Å². The molecule has 0 spiro atoms. The van der Waals surface area contributed by atoms with Gasteiger partial charge in [-0.2, -0.15) is 0 Å². The third kappa shape index (κ3) is 1.87. The average Bonchev–Trinajstić information content (AvgIpc) is 2.85. The Labute approximate surface area is 88.4 Å². The molecule has 0 saturated carbocycles. The Morgan fingerprint density at radius 1 is 1.67 bits per heavy atom. The molecule has 15 heavy (non-hydrogen) atoms. The molecule has 2 rings (SSSR count). The summed E-state index contributed by atoms with van der Waals surface area (Å²) in [6, 6.07) is 0.346. The molecule has 0 aliphatic carbocycles. The highest BCUT2D eigenvalue weighted by atomic mass is 16.6. The van der Waals surface area contributed by atoms with Gasteiger partial charge in [-0.3, -0.25) is 0 Å². The van der Waals surface area contributed by atoms with Gasteiger partial charge in [0.05, 0.1) is 24.8 Å². The van der Waals surface area contributed by atoms with Crippen molar-refractivity contribution < 1.29 is 9.94 Å². The van der Waals surface area contributed by atoms with E-state index in [2.05, 4.69) is 24.0 Å². The molecule has 1 aromatic rings. The molecule has 5 nitrogen and oxygen atoms in total. The summed E-state index contributed by atoms with van der Waals surface area (Å²) in [5.74, 6) is 0. The summed E-state index contributed by atoms with van der Waals surface area (Å²) >= 11 is 0. The van der Waals surface area contributed by atoms with Gasteiger partial charge in [0.2, 0.25) is 0 Å². The fourth-order valence-electron chi connectivity index (χ4n) is 1.62. The molecule has 0 amide bonds. The molecule has 1 atom stereocenters. The fraction of sp³-hybridized carbons (Fsp3) is 0.600. The number of aromatic nitrogens is 2. The van der Waals surface area contributed by atoms with Gasteiger partial charge >= 0.3 is 0 Å². The van der Waals surface area contributed by atoms with Gasteiger partial charge in [0.25, 0.3) is 0 Å². The van der Waals surface area contributed by atoms with Crippen molar-refractivity contribution in [1.82, 2.24) is 9.55 Å². The molecule has 1 aliphatic rings. The van der Waals surface area contributed by atoms with E-state index in [0.717, 1.165) is 11.4 Å². The third-order valence-electron chi connectivity index (χ3n) is 2.45. The smallest absolute Gasteiger partial charge is 0.156 e. The van der Waals surface area contributed by atoms with Crippen LogP contribution in [-0.4, -0.2) is 33.1 Å². The van der Waals surface area contributed by atoms with Crippen molar-refractivity contribution in [2.75, 3.05) is 6.61 Å². The maximum Gasteiger partial charge on any atom is 0.156 e. The zero-order valence-corrected chi connectivity index (χ0v) is 8.92. The molecule has 1 aliphatic heterocycles. The van der Waals surface area contributed by atoms with Crippen molar-refractivity contribution in [2.45, 2.75) is 32.4 Å². The first-order valence-electron chi connectivity index (χ1n) is 5.08. The third-order valence-corrected chi connectivity index (χ3v) is 2.45. The van der Waals surface area contributed by atoms with Gasteiger partial charge in [0.15, 0.2) is 6.10 Å². The second-order valence-electron chi connectivity index (χ2n) is 3.93. The van der Waals surface area contributed by atoms with E-state index in [9.17, 15) is 0 Å². The minimum absolute atomic E-state index is 0.00279. The van der Waals surface area contributed by atoms with E-state index >= 15 is 0 Å². The number of hydrogen-bond donors (Lipinski definition) is 1. The summed E-state index contributed by atoms with van der Waals surface area (Å²) in [5.41, 5.74) is 1.83. The van der Waals surface area contributed by atoms with Crippen LogP contribution in [0.25, 0.3) is 0 Å². The summed E-state index contributed by atoms with van der Waals surface area (Å²) < 4.78 is 2.04. The number of rotatable bonds is 3. The van der Waals surface area contributed by atoms with E-state index in [1.54, 1.807) is 12.5 Å². The Hall–Kier alpha value is -1.36. The molecule has 0 radical (unpaired) electrons. The predicted molar refractivity (Wildman–Crippen MR) is 55.7 cm³/mol. The lowest BCUT2D eigenvalue weighted by Gasteiger charge is -2.10. The number of aliphatic hydroxyl groups is 1. The first-order valence-corrected chi connectivity index (χ1v) is 5.08. The first-order chi connectivity index (χ1) is 7.22. The van der Waals surface area contributed by atoms with E-state index in [1.807, 2.05) is 4.57 Å². The molecular weight excluding hydrogens is 194 g/mol. The van der Waals surface area contributed by atoms with Crippen LogP contribution in [0.5, 0.6) is 0 Å². The minimum Gasteiger partial charge on any atom is -0.392 e. The lowest BCUT2D eigenvalue weighted by molar-refractivity contribution is 0.0390. The van der Waals surface area contributed by atoms with Crippen LogP contribution in [0.15, 0.2) is 17.7 Å². The Morgan fingerprint density at radius 2 is 2.47 bits per heavy atom. The highest BCUT2D eigenvalue weighted by molar-refractivity contribution is 5.99. The Balaban J connectivity index is 2.20. The van der Waals surface area contributed by atoms with Crippen LogP contribution in [0.4, 0.5) is 0 Å². The van der Waals surface area contributed by atoms with Crippen LogP contribution >= 0.6 is 0 Å². The monoisotopic (exact) mass is 209 g/mol. The summed E-state index contributed by atoms with van der Waals surface area (Å²) in [7, 11) is 0. The van der Waals surface area contributed by atoms with E-state index in [-0.39, 0.29) is 12.7 Å². The van der Waals surface area contributed by atoms with Crippen LogP contribution in [-0.2, 0) is 4.84 Å². The maximum absolute atomic E-state index is 8.94. The molecule has 5 heteroatoms. The average molecular weight is 209 g/mol. The maximum atomic E-state index is 8.94. The fourth-order valence-corrected chi connectivity index (χ4v) is 1.62. The van der Waals surface area contributed by atoms with Gasteiger partial charge < -0.3 is 14.5 Å². The number of aliphatic hydroxyl groups excluding tert-OH is 1. The molecule has 0 bridgehead atoms. The number of imidazole rings is 1. The summed E-state index contributed by atoms with van der Waals surface area (Å²) in [4.78, 5) is 9.17. The zero-order valence-electron chi connectivity index (χ0n) is 8.92. The van der Waals surface area contributed by atoms with Crippen molar-refractivity contribution in [3.63, 3.8) is 0 Å². The molecule has 0 aromatic carbocycles. The van der Waals surface area contributed by atoms with Crippen LogP contribution < -0.4 is 0 Å². The van der Waals surface area contributed by atoms with Gasteiger partial charge in [-0.05, 0) is 13.8 Å². The molecule has 1 unspecified atom stereocenters. The van der Waals surface area contributed by atoms with Crippen LogP contribution in [0.2, 0.25) is 0 Å². The van der Waals surface area contributed by atoms with Gasteiger partial charge in [0, 0.05) is 12.5 Å². The lowest BCUT2D eigenvalue weighted by Crippen LogP contribution is -2.15. The van der Waals surface area contributed by atoms with E-state index in [0.29, 0.717) is 12.5 Å². The number of hydrogen-bond acceptors (Lipinski definition) is 4. The summed E-state index contributed by atoms with van der Waals surface area (Å²) in [5, 5.41) is 12.9. The predicted octanol–water partition coefficient (Wildman–Crippen LogP) is 0.949. The summed E-state index contributed by atoms with van der Waals surface area (Å²) in [6.07, 6.45) is 4.02.